The van der Waals surface area contributed by atoms with Gasteiger partial charge in [0.05, 0.1) is 6.20 Å². The Morgan fingerprint density at radius 1 is 1.67 bits per heavy atom. The number of H-pyrrole nitrogens is 1. The average Bonchev–Trinajstić information content (AvgIpc) is 1.90. The number of nitrogens with one attached hydrogen (secondary N) is 1. The summed E-state index contributed by atoms with van der Waals surface area (Å²) in [6, 6.07) is 1.48. The summed E-state index contributed by atoms with van der Waals surface area (Å²) in [4.78, 5) is 5.80. The molecule has 47 valence electrons. The van der Waals surface area contributed by atoms with Crippen LogP contribution in [-0.4, -0.2) is 18.4 Å². The maximum absolute atomic E-state index is 10.1. The average molecular weight is 143 g/mol. The third-order valence-electron chi connectivity index (χ3n) is 0.689. The lowest BCUT2D eigenvalue weighted by molar-refractivity contribution is 0.623. The largest absolute Gasteiger partial charge is 0.334 e. The van der Waals surface area contributed by atoms with Crippen molar-refractivity contribution in [1.29, 1.82) is 0 Å². The van der Waals surface area contributed by atoms with Gasteiger partial charge in [0.25, 0.3) is 15.1 Å². The number of nitrogens with zero attached hydrogens (tertiary/aromatic N) is 1. The molecule has 1 rings (SSSR count). The summed E-state index contributed by atoms with van der Waals surface area (Å²) in [6.45, 7) is 0. The summed E-state index contributed by atoms with van der Waals surface area (Å²) in [7, 11) is -2.28. The third kappa shape index (κ3) is 1.39. The van der Waals surface area contributed by atoms with Crippen LogP contribution in [0.1, 0.15) is 0 Å². The highest BCUT2D eigenvalue weighted by Crippen LogP contribution is 1.71. The predicted molar refractivity (Wildman–Crippen MR) is 29.6 cm³/mol. The van der Waals surface area contributed by atoms with Crippen molar-refractivity contribution in [3.05, 3.63) is 23.2 Å². The van der Waals surface area contributed by atoms with Crippen molar-refractivity contribution in [2.24, 2.45) is 0 Å². The quantitative estimate of drug-likeness (QED) is 0.503. The minimum absolute atomic E-state index is 0.0995. The van der Waals surface area contributed by atoms with Gasteiger partial charge in [-0.15, -0.1) is 0 Å². The molecular formula is C4H3N2O2S. The van der Waals surface area contributed by atoms with Crippen LogP contribution in [0.25, 0.3) is 0 Å². The molecule has 0 aliphatic carbocycles. The molecule has 0 atom stereocenters. The van der Waals surface area contributed by atoms with Crippen LogP contribution in [0.3, 0.4) is 0 Å². The Hall–Kier alpha value is -1.10. The molecule has 0 bridgehead atoms. The van der Waals surface area contributed by atoms with Gasteiger partial charge in [0.1, 0.15) is 0 Å². The first-order chi connectivity index (χ1) is 4.30. The van der Waals surface area contributed by atoms with Gasteiger partial charge in [-0.2, -0.15) is 8.42 Å². The van der Waals surface area contributed by atoms with Gasteiger partial charge in [0.2, 0.25) is 0 Å². The van der Waals surface area contributed by atoms with Crippen molar-refractivity contribution in [3.8, 4) is 0 Å². The number of aromatic nitrogens is 2. The molecule has 0 aliphatic rings. The zero-order valence-corrected chi connectivity index (χ0v) is 5.14. The fourth-order valence-corrected chi connectivity index (χ4v) is 0.655. The molecule has 4 nitrogen and oxygen atoms in total. The van der Waals surface area contributed by atoms with Crippen LogP contribution in [0, 0.1) is 11.0 Å². The third-order valence-corrected chi connectivity index (χ3v) is 1.21. The minimum Gasteiger partial charge on any atom is -0.334 e. The Morgan fingerprint density at radius 2 is 2.44 bits per heavy atom. The molecule has 0 aromatic carbocycles. The molecule has 0 saturated carbocycles. The molecule has 1 aromatic rings. The Kier molecular flexibility index (Phi) is 1.64. The maximum atomic E-state index is 10.1. The lowest BCUT2D eigenvalue weighted by Gasteiger charge is -1.75. The van der Waals surface area contributed by atoms with Crippen molar-refractivity contribution in [1.82, 2.24) is 9.97 Å². The highest BCUT2D eigenvalue weighted by Gasteiger charge is 1.76. The Balaban J connectivity index is 3.67. The molecule has 1 aromatic heterocycles. The number of hydrogen-bond acceptors (Lipinski definition) is 3. The minimum atomic E-state index is -2.28. The lowest BCUT2D eigenvalue weighted by atomic mass is 10.7. The second-order valence-corrected chi connectivity index (χ2v) is 2.11. The molecule has 0 unspecified atom stereocenters. The molecule has 5 heteroatoms. The predicted octanol–water partition coefficient (Wildman–Crippen LogP) is -0.379. The molecule has 0 spiro atoms. The number of aromatic amines is 1. The van der Waals surface area contributed by atoms with E-state index in [0.717, 1.165) is 0 Å². The summed E-state index contributed by atoms with van der Waals surface area (Å²) < 4.78 is 20.1. The van der Waals surface area contributed by atoms with E-state index >= 15 is 0 Å². The van der Waals surface area contributed by atoms with Crippen LogP contribution < -0.4 is 0 Å². The summed E-state index contributed by atoms with van der Waals surface area (Å²) in [5.41, 5.74) is 0. The van der Waals surface area contributed by atoms with Crippen LogP contribution in [0.2, 0.25) is 0 Å². The van der Waals surface area contributed by atoms with Crippen LogP contribution in [0.15, 0.2) is 12.3 Å². The van der Waals surface area contributed by atoms with E-state index in [9.17, 15) is 8.42 Å². The first-order valence-corrected chi connectivity index (χ1v) is 3.22. The molecule has 9 heavy (non-hydrogen) atoms. The van der Waals surface area contributed by atoms with E-state index in [1.54, 1.807) is 0 Å². The van der Waals surface area contributed by atoms with Gasteiger partial charge in [0.15, 0.2) is 0 Å². The van der Waals surface area contributed by atoms with E-state index in [0.29, 0.717) is 0 Å². The van der Waals surface area contributed by atoms with E-state index in [1.165, 1.54) is 12.3 Å². The number of rotatable bonds is 0. The van der Waals surface area contributed by atoms with Crippen LogP contribution >= 0.6 is 0 Å². The van der Waals surface area contributed by atoms with Crippen molar-refractivity contribution in [2.75, 3.05) is 0 Å². The summed E-state index contributed by atoms with van der Waals surface area (Å²) in [5, 5.41) is 0. The second-order valence-electron chi connectivity index (χ2n) is 1.26. The van der Waals surface area contributed by atoms with Crippen LogP contribution in [0.5, 0.6) is 0 Å². The lowest BCUT2D eigenvalue weighted by Crippen LogP contribution is -1.80. The molecule has 1 heterocycles. The second kappa shape index (κ2) is 2.45. The van der Waals surface area contributed by atoms with Gasteiger partial charge in [-0.1, -0.05) is 0 Å². The van der Waals surface area contributed by atoms with Gasteiger partial charge in [-0.3, -0.25) is 0 Å². The van der Waals surface area contributed by atoms with Crippen molar-refractivity contribution >= 4 is 10.3 Å². The molecular weight excluding hydrogens is 140 g/mol. The standard InChI is InChI=1S/C4H3N2O2S/c7-9(8)4-5-2-1-3-6-4/h1-2,5H. The molecule has 0 aliphatic heterocycles. The highest BCUT2D eigenvalue weighted by atomic mass is 32.2. The highest BCUT2D eigenvalue weighted by molar-refractivity contribution is 7.63. The van der Waals surface area contributed by atoms with Gasteiger partial charge in [0, 0.05) is 6.20 Å². The molecule has 0 amide bonds. The van der Waals surface area contributed by atoms with E-state index in [4.69, 9.17) is 0 Å². The Morgan fingerprint density at radius 3 is 2.78 bits per heavy atom. The van der Waals surface area contributed by atoms with Crippen LogP contribution in [0.4, 0.5) is 0 Å². The molecule has 1 N–H and O–H groups in total. The zero-order valence-electron chi connectivity index (χ0n) is 4.33. The molecule has 0 fully saturated rings. The Bertz CT molecular complexity index is 325. The van der Waals surface area contributed by atoms with E-state index in [-0.39, 0.29) is 4.77 Å². The van der Waals surface area contributed by atoms with Crippen molar-refractivity contribution < 1.29 is 8.42 Å². The number of hydrogen-bond donors (Lipinski definition) is 1. The normalized spacial score (nSPS) is 8.89. The fraction of sp³-hybridized carbons (Fsp3) is 0. The van der Waals surface area contributed by atoms with Gasteiger partial charge < -0.3 is 4.98 Å². The van der Waals surface area contributed by atoms with Crippen LogP contribution in [-0.2, 0) is 10.3 Å². The fourth-order valence-electron chi connectivity index (χ4n) is 0.364. The zero-order chi connectivity index (χ0) is 6.69. The summed E-state index contributed by atoms with van der Waals surface area (Å²) in [6.07, 6.45) is 3.81. The smallest absolute Gasteiger partial charge is 0.258 e. The van der Waals surface area contributed by atoms with E-state index in [1.807, 2.05) is 0 Å². The van der Waals surface area contributed by atoms with Crippen molar-refractivity contribution in [3.63, 3.8) is 0 Å². The van der Waals surface area contributed by atoms with E-state index in [2.05, 4.69) is 16.2 Å². The molecule has 1 radical (unpaired) electrons. The Labute approximate surface area is 52.7 Å². The van der Waals surface area contributed by atoms with Crippen molar-refractivity contribution in [2.45, 2.75) is 0 Å². The first kappa shape index (κ1) is 6.03. The maximum Gasteiger partial charge on any atom is 0.258 e. The summed E-state index contributed by atoms with van der Waals surface area (Å²) in [5.74, 6) is 0. The van der Waals surface area contributed by atoms with Gasteiger partial charge in [-0.25, -0.2) is 4.98 Å². The monoisotopic (exact) mass is 143 g/mol. The molecule has 0 saturated heterocycles. The topological polar surface area (TPSA) is 62.8 Å². The van der Waals surface area contributed by atoms with Gasteiger partial charge in [-0.05, 0) is 6.07 Å². The SMILES string of the molecule is O=S(=O)=c1n[c]cc[nH]1. The summed E-state index contributed by atoms with van der Waals surface area (Å²) >= 11 is 0. The first-order valence-electron chi connectivity index (χ1n) is 2.15. The van der Waals surface area contributed by atoms with E-state index < -0.39 is 10.3 Å². The van der Waals surface area contributed by atoms with Gasteiger partial charge >= 0.3 is 0 Å².